The Hall–Kier alpha value is -3.05. The van der Waals surface area contributed by atoms with Crippen molar-refractivity contribution in [3.05, 3.63) is 69.7 Å². The number of carbonyl (C=O) groups is 2. The van der Waals surface area contributed by atoms with E-state index in [4.69, 9.17) is 20.9 Å². The Labute approximate surface area is 195 Å². The maximum Gasteiger partial charge on any atom is 0.417 e. The van der Waals surface area contributed by atoms with Crippen LogP contribution in [0.3, 0.4) is 0 Å². The molecule has 0 saturated heterocycles. The van der Waals surface area contributed by atoms with Crippen molar-refractivity contribution in [2.75, 3.05) is 11.9 Å². The molecule has 1 N–H and O–H groups in total. The number of halogens is 4. The molecule has 0 atom stereocenters. The molecule has 3 rings (SSSR count). The second-order valence-electron chi connectivity index (χ2n) is 6.76. The summed E-state index contributed by atoms with van der Waals surface area (Å²) in [6.45, 7) is 2.88. The standard InChI is InChI=1S/C21H17ClF3N3O4S/c1-11-15(12(2)32-28-11)10-33-19-14(4-3-7-26-19)20(30)31-9-18(29)27-13-5-6-17(22)16(8-13)21(23,24)25/h3-8H,9-10H2,1-2H3,(H,27,29). The van der Waals surface area contributed by atoms with E-state index in [0.29, 0.717) is 22.6 Å². The number of nitrogens with zero attached hydrogens (tertiary/aromatic N) is 2. The van der Waals surface area contributed by atoms with E-state index < -0.39 is 35.2 Å². The van der Waals surface area contributed by atoms with Crippen LogP contribution in [0.15, 0.2) is 46.1 Å². The molecule has 0 spiro atoms. The zero-order chi connectivity index (χ0) is 24.2. The molecule has 7 nitrogen and oxygen atoms in total. The molecule has 1 aromatic carbocycles. The summed E-state index contributed by atoms with van der Waals surface area (Å²) in [5, 5.41) is 6.01. The van der Waals surface area contributed by atoms with Gasteiger partial charge in [0, 0.05) is 23.2 Å². The first-order valence-corrected chi connectivity index (χ1v) is 10.8. The van der Waals surface area contributed by atoms with Crippen LogP contribution in [0.4, 0.5) is 18.9 Å². The van der Waals surface area contributed by atoms with Crippen LogP contribution in [0.25, 0.3) is 0 Å². The van der Waals surface area contributed by atoms with Crippen LogP contribution in [-0.2, 0) is 21.5 Å². The summed E-state index contributed by atoms with van der Waals surface area (Å²) >= 11 is 6.83. The van der Waals surface area contributed by atoms with Gasteiger partial charge in [0.15, 0.2) is 6.61 Å². The molecule has 33 heavy (non-hydrogen) atoms. The average Bonchev–Trinajstić information content (AvgIpc) is 3.08. The number of thioether (sulfide) groups is 1. The molecule has 2 aromatic heterocycles. The third kappa shape index (κ3) is 6.26. The number of carbonyl (C=O) groups excluding carboxylic acids is 2. The number of hydrogen-bond donors (Lipinski definition) is 1. The summed E-state index contributed by atoms with van der Waals surface area (Å²) in [6.07, 6.45) is -3.17. The van der Waals surface area contributed by atoms with Crippen LogP contribution in [0, 0.1) is 13.8 Å². The van der Waals surface area contributed by atoms with E-state index in [0.717, 1.165) is 17.3 Å². The van der Waals surface area contributed by atoms with E-state index in [-0.39, 0.29) is 11.3 Å². The van der Waals surface area contributed by atoms with Crippen LogP contribution in [0.2, 0.25) is 5.02 Å². The highest BCUT2D eigenvalue weighted by Gasteiger charge is 2.33. The van der Waals surface area contributed by atoms with Gasteiger partial charge in [0.25, 0.3) is 5.91 Å². The van der Waals surface area contributed by atoms with Gasteiger partial charge in [0.2, 0.25) is 0 Å². The Balaban J connectivity index is 1.62. The van der Waals surface area contributed by atoms with E-state index in [1.54, 1.807) is 19.9 Å². The molecule has 0 fully saturated rings. The highest BCUT2D eigenvalue weighted by Crippen LogP contribution is 2.36. The van der Waals surface area contributed by atoms with Gasteiger partial charge in [-0.15, -0.1) is 11.8 Å². The molecule has 12 heteroatoms. The van der Waals surface area contributed by atoms with Gasteiger partial charge >= 0.3 is 12.1 Å². The molecule has 2 heterocycles. The lowest BCUT2D eigenvalue weighted by atomic mass is 10.2. The number of pyridine rings is 1. The molecule has 0 radical (unpaired) electrons. The summed E-state index contributed by atoms with van der Waals surface area (Å²) in [7, 11) is 0. The number of rotatable bonds is 7. The SMILES string of the molecule is Cc1noc(C)c1CSc1ncccc1C(=O)OCC(=O)Nc1ccc(Cl)c(C(F)(F)F)c1. The van der Waals surface area contributed by atoms with Crippen molar-refractivity contribution >= 4 is 40.9 Å². The van der Waals surface area contributed by atoms with Crippen molar-refractivity contribution in [2.24, 2.45) is 0 Å². The minimum absolute atomic E-state index is 0.134. The first-order chi connectivity index (χ1) is 15.6. The number of ether oxygens (including phenoxy) is 1. The first-order valence-electron chi connectivity index (χ1n) is 9.39. The number of anilines is 1. The van der Waals surface area contributed by atoms with E-state index in [1.807, 2.05) is 0 Å². The lowest BCUT2D eigenvalue weighted by molar-refractivity contribution is -0.137. The van der Waals surface area contributed by atoms with Crippen molar-refractivity contribution in [1.82, 2.24) is 10.1 Å². The third-order valence-electron chi connectivity index (χ3n) is 4.42. The van der Waals surface area contributed by atoms with Gasteiger partial charge < -0.3 is 14.6 Å². The van der Waals surface area contributed by atoms with Gasteiger partial charge in [0.05, 0.1) is 21.8 Å². The molecule has 3 aromatic rings. The second-order valence-corrected chi connectivity index (χ2v) is 8.14. The average molecular weight is 500 g/mol. The maximum atomic E-state index is 13.0. The van der Waals surface area contributed by atoms with Gasteiger partial charge in [-0.05, 0) is 44.2 Å². The molecule has 0 unspecified atom stereocenters. The molecule has 0 aliphatic rings. The zero-order valence-electron chi connectivity index (χ0n) is 17.3. The van der Waals surface area contributed by atoms with Crippen molar-refractivity contribution in [2.45, 2.75) is 30.8 Å². The van der Waals surface area contributed by atoms with Crippen LogP contribution in [0.1, 0.15) is 32.9 Å². The summed E-state index contributed by atoms with van der Waals surface area (Å²) in [5.41, 5.74) is 0.533. The zero-order valence-corrected chi connectivity index (χ0v) is 18.9. The van der Waals surface area contributed by atoms with Crippen molar-refractivity contribution in [3.8, 4) is 0 Å². The van der Waals surface area contributed by atoms with Crippen molar-refractivity contribution in [3.63, 3.8) is 0 Å². The summed E-state index contributed by atoms with van der Waals surface area (Å²) in [6, 6.07) is 5.97. The van der Waals surface area contributed by atoms with E-state index in [2.05, 4.69) is 15.5 Å². The Morgan fingerprint density at radius 3 is 2.67 bits per heavy atom. The fourth-order valence-corrected chi connectivity index (χ4v) is 4.10. The van der Waals surface area contributed by atoms with Gasteiger partial charge in [0.1, 0.15) is 10.8 Å². The van der Waals surface area contributed by atoms with Gasteiger partial charge in [-0.2, -0.15) is 13.2 Å². The van der Waals surface area contributed by atoms with Crippen molar-refractivity contribution in [1.29, 1.82) is 0 Å². The van der Waals surface area contributed by atoms with Crippen LogP contribution in [0.5, 0.6) is 0 Å². The monoisotopic (exact) mass is 499 g/mol. The summed E-state index contributed by atoms with van der Waals surface area (Å²) in [5.74, 6) is -0.497. The smallest absolute Gasteiger partial charge is 0.417 e. The Bertz CT molecular complexity index is 1160. The Morgan fingerprint density at radius 2 is 2.00 bits per heavy atom. The third-order valence-corrected chi connectivity index (χ3v) is 5.78. The number of alkyl halides is 3. The number of amides is 1. The highest BCUT2D eigenvalue weighted by molar-refractivity contribution is 7.98. The summed E-state index contributed by atoms with van der Waals surface area (Å²) in [4.78, 5) is 28.8. The number of nitrogens with one attached hydrogen (secondary N) is 1. The predicted octanol–water partition coefficient (Wildman–Crippen LogP) is 5.45. The lowest BCUT2D eigenvalue weighted by Crippen LogP contribution is -2.21. The molecule has 0 aliphatic carbocycles. The number of esters is 1. The van der Waals surface area contributed by atoms with Crippen LogP contribution < -0.4 is 5.32 Å². The second kappa shape index (κ2) is 10.3. The lowest BCUT2D eigenvalue weighted by Gasteiger charge is -2.12. The molecule has 0 bridgehead atoms. The van der Waals surface area contributed by atoms with Crippen molar-refractivity contribution < 1.29 is 32.0 Å². The highest BCUT2D eigenvalue weighted by atomic mass is 35.5. The molecule has 174 valence electrons. The minimum Gasteiger partial charge on any atom is -0.452 e. The van der Waals surface area contributed by atoms with Gasteiger partial charge in [-0.25, -0.2) is 9.78 Å². The first kappa shape index (κ1) is 24.6. The van der Waals surface area contributed by atoms with Crippen LogP contribution in [-0.4, -0.2) is 28.6 Å². The molecule has 1 amide bonds. The number of benzene rings is 1. The minimum atomic E-state index is -4.68. The van der Waals surface area contributed by atoms with E-state index >= 15 is 0 Å². The molecule has 0 saturated carbocycles. The quantitative estimate of drug-likeness (QED) is 0.341. The van der Waals surface area contributed by atoms with Gasteiger partial charge in [-0.1, -0.05) is 16.8 Å². The topological polar surface area (TPSA) is 94.3 Å². The molecule has 0 aliphatic heterocycles. The molecular formula is C21H17ClF3N3O4S. The van der Waals surface area contributed by atoms with Crippen LogP contribution >= 0.6 is 23.4 Å². The van der Waals surface area contributed by atoms with E-state index in [1.165, 1.54) is 30.1 Å². The number of aryl methyl sites for hydroxylation is 2. The fraction of sp³-hybridized carbons (Fsp3) is 0.238. The summed E-state index contributed by atoms with van der Waals surface area (Å²) < 4.78 is 49.0. The predicted molar refractivity (Wildman–Crippen MR) is 115 cm³/mol. The number of aromatic nitrogens is 2. The number of hydrogen-bond acceptors (Lipinski definition) is 7. The van der Waals surface area contributed by atoms with E-state index in [9.17, 15) is 22.8 Å². The normalized spacial score (nSPS) is 11.3. The fourth-order valence-electron chi connectivity index (χ4n) is 2.74. The maximum absolute atomic E-state index is 13.0. The largest absolute Gasteiger partial charge is 0.452 e. The molecular weight excluding hydrogens is 483 g/mol. The van der Waals surface area contributed by atoms with Gasteiger partial charge in [-0.3, -0.25) is 4.79 Å². The Kier molecular flexibility index (Phi) is 7.65. The Morgan fingerprint density at radius 1 is 1.24 bits per heavy atom.